The van der Waals surface area contributed by atoms with Crippen LogP contribution in [0.2, 0.25) is 0 Å². The predicted molar refractivity (Wildman–Crippen MR) is 109 cm³/mol. The Balaban J connectivity index is 2.26. The van der Waals surface area contributed by atoms with Crippen LogP contribution in [0.25, 0.3) is 4.85 Å². The number of hydrogen-bond acceptors (Lipinski definition) is 8. The first-order chi connectivity index (χ1) is 14.5. The molecule has 30 heavy (non-hydrogen) atoms. The van der Waals surface area contributed by atoms with Gasteiger partial charge in [0.15, 0.2) is 0 Å². The Morgan fingerprint density at radius 1 is 1.30 bits per heavy atom. The number of benzene rings is 2. The Labute approximate surface area is 173 Å². The molecular weight excluding hydrogens is 388 g/mol. The van der Waals surface area contributed by atoms with Crippen molar-refractivity contribution < 1.29 is 14.5 Å². The second-order valence-corrected chi connectivity index (χ2v) is 5.88. The predicted octanol–water partition coefficient (Wildman–Crippen LogP) is 4.78. The largest absolute Gasteiger partial charge is 0.390 e. The lowest BCUT2D eigenvalue weighted by atomic mass is 10.1. The first kappa shape index (κ1) is 22.0. The van der Waals surface area contributed by atoms with Crippen LogP contribution in [0.1, 0.15) is 23.7 Å². The highest BCUT2D eigenvalue weighted by Gasteiger charge is 2.19. The number of esters is 1. The number of nitrogens with zero attached hydrogens (tertiary/aromatic N) is 6. The number of carbonyl (C=O) groups excluding carboxylic acids is 1. The van der Waals surface area contributed by atoms with Crippen LogP contribution in [-0.4, -0.2) is 30.7 Å². The van der Waals surface area contributed by atoms with E-state index in [0.29, 0.717) is 18.7 Å². The molecule has 0 atom stereocenters. The van der Waals surface area contributed by atoms with Gasteiger partial charge in [0.1, 0.15) is 5.69 Å². The molecule has 2 aromatic carbocycles. The first-order valence-corrected chi connectivity index (χ1v) is 8.92. The van der Waals surface area contributed by atoms with Crippen molar-refractivity contribution in [3.05, 3.63) is 69.6 Å². The summed E-state index contributed by atoms with van der Waals surface area (Å²) in [4.78, 5) is 27.5. The van der Waals surface area contributed by atoms with Crippen molar-refractivity contribution in [1.29, 1.82) is 5.26 Å². The number of carbonyl (C=O) groups is 1. The van der Waals surface area contributed by atoms with Crippen molar-refractivity contribution in [2.45, 2.75) is 13.3 Å². The molecule has 0 amide bonds. The minimum absolute atomic E-state index is 0.0869. The molecular formula is C20H18N6O4. The standard InChI is InChI=1S/C20H18N6O4/c1-3-25(12-4-11-21)16-7-5-15(6-8-16)23-24-19-10-9-17(26(28)29)13-18(19)20(27)30-14-22-2/h5-10,13H,3-4,12,14H2,1H3. The molecule has 0 saturated heterocycles. The molecule has 152 valence electrons. The topological polar surface area (TPSA) is 126 Å². The number of nitro groups is 1. The van der Waals surface area contributed by atoms with Crippen molar-refractivity contribution >= 4 is 28.7 Å². The summed E-state index contributed by atoms with van der Waals surface area (Å²) in [6.45, 7) is 9.56. The van der Waals surface area contributed by atoms with Gasteiger partial charge in [-0.25, -0.2) is 11.4 Å². The van der Waals surface area contributed by atoms with E-state index in [1.165, 1.54) is 12.1 Å². The van der Waals surface area contributed by atoms with Crippen molar-refractivity contribution in [3.8, 4) is 6.07 Å². The van der Waals surface area contributed by atoms with Gasteiger partial charge in [0.25, 0.3) is 5.69 Å². The van der Waals surface area contributed by atoms with Crippen molar-refractivity contribution in [1.82, 2.24) is 0 Å². The summed E-state index contributed by atoms with van der Waals surface area (Å²) >= 11 is 0. The number of ether oxygens (including phenoxy) is 1. The van der Waals surface area contributed by atoms with Crippen LogP contribution in [0.3, 0.4) is 0 Å². The lowest BCUT2D eigenvalue weighted by molar-refractivity contribution is -0.384. The number of azo groups is 1. The summed E-state index contributed by atoms with van der Waals surface area (Å²) in [6.07, 6.45) is 0.418. The van der Waals surface area contributed by atoms with Crippen molar-refractivity contribution in [2.24, 2.45) is 10.2 Å². The molecule has 0 bridgehead atoms. The molecule has 0 saturated carbocycles. The molecule has 0 radical (unpaired) electrons. The van der Waals surface area contributed by atoms with Crippen LogP contribution in [0.4, 0.5) is 22.7 Å². The Morgan fingerprint density at radius 2 is 2.03 bits per heavy atom. The lowest BCUT2D eigenvalue weighted by Gasteiger charge is -2.21. The van der Waals surface area contributed by atoms with Crippen LogP contribution >= 0.6 is 0 Å². The maximum absolute atomic E-state index is 12.1. The highest BCUT2D eigenvalue weighted by molar-refractivity contribution is 5.95. The highest BCUT2D eigenvalue weighted by atomic mass is 16.6. The van der Waals surface area contributed by atoms with E-state index in [0.717, 1.165) is 18.3 Å². The lowest BCUT2D eigenvalue weighted by Crippen LogP contribution is -2.23. The van der Waals surface area contributed by atoms with Crippen molar-refractivity contribution in [3.63, 3.8) is 0 Å². The molecule has 0 aliphatic rings. The van der Waals surface area contributed by atoms with E-state index < -0.39 is 17.6 Å². The van der Waals surface area contributed by atoms with Gasteiger partial charge >= 0.3 is 12.7 Å². The monoisotopic (exact) mass is 406 g/mol. The maximum Gasteiger partial charge on any atom is 0.359 e. The third-order valence-corrected chi connectivity index (χ3v) is 4.03. The number of non-ortho nitro benzene ring substituents is 1. The fourth-order valence-corrected chi connectivity index (χ4v) is 2.55. The molecule has 0 heterocycles. The van der Waals surface area contributed by atoms with E-state index >= 15 is 0 Å². The molecule has 0 aliphatic carbocycles. The molecule has 0 unspecified atom stereocenters. The van der Waals surface area contributed by atoms with Crippen LogP contribution in [0.5, 0.6) is 0 Å². The second kappa shape index (κ2) is 10.9. The summed E-state index contributed by atoms with van der Waals surface area (Å²) in [5, 5.41) is 27.8. The van der Waals surface area contributed by atoms with Crippen LogP contribution in [0, 0.1) is 28.0 Å². The molecule has 0 N–H and O–H groups in total. The average Bonchev–Trinajstić information content (AvgIpc) is 2.77. The van der Waals surface area contributed by atoms with E-state index in [1.807, 2.05) is 24.0 Å². The summed E-state index contributed by atoms with van der Waals surface area (Å²) in [7, 11) is 0. The molecule has 10 heteroatoms. The van der Waals surface area contributed by atoms with E-state index in [9.17, 15) is 14.9 Å². The highest BCUT2D eigenvalue weighted by Crippen LogP contribution is 2.28. The number of anilines is 1. The summed E-state index contributed by atoms with van der Waals surface area (Å²) in [6, 6.07) is 12.8. The van der Waals surface area contributed by atoms with Crippen LogP contribution < -0.4 is 4.90 Å². The summed E-state index contributed by atoms with van der Waals surface area (Å²) in [5.74, 6) is -0.893. The van der Waals surface area contributed by atoms with Gasteiger partial charge in [-0.05, 0) is 37.3 Å². The third-order valence-electron chi connectivity index (χ3n) is 4.03. The average molecular weight is 406 g/mol. The number of nitro benzene ring substituents is 1. The Kier molecular flexibility index (Phi) is 7.97. The Morgan fingerprint density at radius 3 is 2.63 bits per heavy atom. The quantitative estimate of drug-likeness (QED) is 0.194. The summed E-state index contributed by atoms with van der Waals surface area (Å²) in [5.41, 5.74) is 1.08. The van der Waals surface area contributed by atoms with Gasteiger partial charge in [-0.3, -0.25) is 15.0 Å². The summed E-state index contributed by atoms with van der Waals surface area (Å²) < 4.78 is 4.75. The first-order valence-electron chi connectivity index (χ1n) is 8.92. The number of nitriles is 1. The normalized spacial score (nSPS) is 10.2. The molecule has 2 rings (SSSR count). The van der Waals surface area contributed by atoms with Gasteiger partial charge in [-0.2, -0.15) is 10.4 Å². The Hall–Kier alpha value is -4.31. The van der Waals surface area contributed by atoms with Gasteiger partial charge < -0.3 is 9.64 Å². The van der Waals surface area contributed by atoms with Gasteiger partial charge in [-0.15, -0.1) is 5.11 Å². The Bertz CT molecular complexity index is 1020. The van der Waals surface area contributed by atoms with Gasteiger partial charge in [-0.1, -0.05) is 0 Å². The smallest absolute Gasteiger partial charge is 0.359 e. The van der Waals surface area contributed by atoms with E-state index in [1.54, 1.807) is 12.1 Å². The van der Waals surface area contributed by atoms with Gasteiger partial charge in [0.2, 0.25) is 0 Å². The van der Waals surface area contributed by atoms with E-state index in [2.05, 4.69) is 21.1 Å². The molecule has 2 aromatic rings. The zero-order valence-corrected chi connectivity index (χ0v) is 16.2. The zero-order chi connectivity index (χ0) is 21.9. The van der Waals surface area contributed by atoms with Crippen LogP contribution in [-0.2, 0) is 4.74 Å². The molecule has 0 spiro atoms. The van der Waals surface area contributed by atoms with Crippen molar-refractivity contribution in [2.75, 3.05) is 24.7 Å². The number of hydrogen-bond donors (Lipinski definition) is 0. The minimum atomic E-state index is -0.893. The molecule has 0 aromatic heterocycles. The molecule has 10 nitrogen and oxygen atoms in total. The van der Waals surface area contributed by atoms with Gasteiger partial charge in [0, 0.05) is 30.9 Å². The minimum Gasteiger partial charge on any atom is -0.390 e. The van der Waals surface area contributed by atoms with Crippen LogP contribution in [0.15, 0.2) is 52.7 Å². The van der Waals surface area contributed by atoms with Gasteiger partial charge in [0.05, 0.1) is 28.7 Å². The van der Waals surface area contributed by atoms with E-state index in [4.69, 9.17) is 16.6 Å². The second-order valence-electron chi connectivity index (χ2n) is 5.88. The molecule has 0 fully saturated rings. The zero-order valence-electron chi connectivity index (χ0n) is 16.2. The number of rotatable bonds is 9. The SMILES string of the molecule is [C-]#[N+]COC(=O)c1cc([N+](=O)[O-])ccc1N=Nc1ccc(N(CC)CCC#N)cc1. The fourth-order valence-electron chi connectivity index (χ4n) is 2.55. The fraction of sp³-hybridized carbons (Fsp3) is 0.250. The molecule has 0 aliphatic heterocycles. The maximum atomic E-state index is 12.1. The third kappa shape index (κ3) is 5.84. The van der Waals surface area contributed by atoms with E-state index in [-0.39, 0.29) is 16.9 Å².